The van der Waals surface area contributed by atoms with Crippen LogP contribution in [0.2, 0.25) is 0 Å². The second kappa shape index (κ2) is 13.2. The van der Waals surface area contributed by atoms with Gasteiger partial charge in [0.1, 0.15) is 11.5 Å². The van der Waals surface area contributed by atoms with E-state index in [1.807, 2.05) is 36.4 Å². The molecule has 0 amide bonds. The standard InChI is InChI=1S/C33H40N2O5/c1-37-31-19-25-14-17-35(23-27(25)20-32(31)38-2)30-15-16-34(22-26(30)12-13-33(36)39-3)21-24-8-7-11-29(18-24)40-28-9-5-4-6-10-28/h4-11,18-20,26,30H,12-17,21-23H2,1-3H3/t26-,30+/m0/s1. The van der Waals surface area contributed by atoms with Gasteiger partial charge in [0, 0.05) is 38.6 Å². The van der Waals surface area contributed by atoms with Crippen LogP contribution in [0, 0.1) is 5.92 Å². The van der Waals surface area contributed by atoms with Gasteiger partial charge in [-0.3, -0.25) is 14.6 Å². The predicted octanol–water partition coefficient (Wildman–Crippen LogP) is 5.70. The van der Waals surface area contributed by atoms with Crippen LogP contribution >= 0.6 is 0 Å². The second-order valence-electron chi connectivity index (χ2n) is 10.7. The number of carbonyl (C=O) groups excluding carboxylic acids is 1. The fourth-order valence-electron chi connectivity index (χ4n) is 6.19. The van der Waals surface area contributed by atoms with Crippen molar-refractivity contribution in [1.29, 1.82) is 0 Å². The Labute approximate surface area is 237 Å². The monoisotopic (exact) mass is 544 g/mol. The maximum Gasteiger partial charge on any atom is 0.305 e. The number of nitrogens with zero attached hydrogens (tertiary/aromatic N) is 2. The quantitative estimate of drug-likeness (QED) is 0.304. The molecule has 2 aliphatic heterocycles. The maximum atomic E-state index is 12.1. The van der Waals surface area contributed by atoms with E-state index in [4.69, 9.17) is 18.9 Å². The first kappa shape index (κ1) is 28.0. The number of rotatable bonds is 10. The van der Waals surface area contributed by atoms with Gasteiger partial charge in [-0.25, -0.2) is 0 Å². The average molecular weight is 545 g/mol. The molecule has 2 atom stereocenters. The molecule has 7 heteroatoms. The second-order valence-corrected chi connectivity index (χ2v) is 10.7. The van der Waals surface area contributed by atoms with Gasteiger partial charge in [-0.05, 0) is 84.8 Å². The minimum absolute atomic E-state index is 0.137. The highest BCUT2D eigenvalue weighted by Gasteiger charge is 2.35. The van der Waals surface area contributed by atoms with E-state index in [1.165, 1.54) is 23.8 Å². The summed E-state index contributed by atoms with van der Waals surface area (Å²) in [7, 11) is 4.85. The molecule has 2 aliphatic rings. The fourth-order valence-corrected chi connectivity index (χ4v) is 6.19. The SMILES string of the molecule is COC(=O)CC[C@H]1CN(Cc2cccc(Oc3ccccc3)c2)CC[C@H]1N1CCc2cc(OC)c(OC)cc2C1. The number of esters is 1. The number of hydrogen-bond acceptors (Lipinski definition) is 7. The first-order chi connectivity index (χ1) is 19.6. The van der Waals surface area contributed by atoms with Crippen molar-refractivity contribution in [3.05, 3.63) is 83.4 Å². The molecule has 3 aromatic rings. The molecule has 0 unspecified atom stereocenters. The van der Waals surface area contributed by atoms with Crippen molar-refractivity contribution in [1.82, 2.24) is 9.80 Å². The molecule has 0 spiro atoms. The lowest BCUT2D eigenvalue weighted by atomic mass is 9.85. The molecule has 0 saturated carbocycles. The Morgan fingerprint density at radius 2 is 1.62 bits per heavy atom. The molecule has 40 heavy (non-hydrogen) atoms. The molecule has 2 heterocycles. The molecule has 7 nitrogen and oxygen atoms in total. The molecule has 0 bridgehead atoms. The van der Waals surface area contributed by atoms with E-state index in [9.17, 15) is 4.79 Å². The Balaban J connectivity index is 1.27. The summed E-state index contributed by atoms with van der Waals surface area (Å²) in [4.78, 5) is 17.2. The predicted molar refractivity (Wildman–Crippen MR) is 155 cm³/mol. The van der Waals surface area contributed by atoms with Crippen molar-refractivity contribution in [3.63, 3.8) is 0 Å². The Hall–Kier alpha value is -3.55. The van der Waals surface area contributed by atoms with Crippen molar-refractivity contribution in [2.24, 2.45) is 5.92 Å². The van der Waals surface area contributed by atoms with E-state index in [-0.39, 0.29) is 5.97 Å². The number of ether oxygens (including phenoxy) is 4. The highest BCUT2D eigenvalue weighted by atomic mass is 16.5. The van der Waals surface area contributed by atoms with E-state index in [1.54, 1.807) is 14.2 Å². The lowest BCUT2D eigenvalue weighted by Crippen LogP contribution is -2.52. The largest absolute Gasteiger partial charge is 0.493 e. The molecule has 1 fully saturated rings. The zero-order valence-electron chi connectivity index (χ0n) is 23.8. The van der Waals surface area contributed by atoms with Crippen LogP contribution < -0.4 is 14.2 Å². The smallest absolute Gasteiger partial charge is 0.305 e. The number of methoxy groups -OCH3 is 3. The van der Waals surface area contributed by atoms with Crippen LogP contribution in [0.25, 0.3) is 0 Å². The number of para-hydroxylation sites is 1. The lowest BCUT2D eigenvalue weighted by molar-refractivity contribution is -0.141. The van der Waals surface area contributed by atoms with Gasteiger partial charge in [-0.1, -0.05) is 30.3 Å². The zero-order valence-corrected chi connectivity index (χ0v) is 23.8. The number of likely N-dealkylation sites (tertiary alicyclic amines) is 1. The lowest BCUT2D eigenvalue weighted by Gasteiger charge is -2.45. The van der Waals surface area contributed by atoms with Crippen LogP contribution in [0.15, 0.2) is 66.7 Å². The summed E-state index contributed by atoms with van der Waals surface area (Å²) >= 11 is 0. The van der Waals surface area contributed by atoms with Crippen LogP contribution in [0.5, 0.6) is 23.0 Å². The summed E-state index contributed by atoms with van der Waals surface area (Å²) in [5, 5.41) is 0. The molecule has 3 aromatic carbocycles. The van der Waals surface area contributed by atoms with Crippen LogP contribution in [-0.2, 0) is 29.0 Å². The van der Waals surface area contributed by atoms with E-state index in [0.29, 0.717) is 18.4 Å². The van der Waals surface area contributed by atoms with Crippen LogP contribution in [0.4, 0.5) is 0 Å². The van der Waals surface area contributed by atoms with Crippen molar-refractivity contribution < 1.29 is 23.7 Å². The number of benzene rings is 3. The molecule has 212 valence electrons. The number of piperidine rings is 1. The highest BCUT2D eigenvalue weighted by Crippen LogP contribution is 2.36. The Bertz CT molecular complexity index is 1280. The normalized spacial score (nSPS) is 19.5. The summed E-state index contributed by atoms with van der Waals surface area (Å²) < 4.78 is 22.2. The van der Waals surface area contributed by atoms with E-state index >= 15 is 0 Å². The van der Waals surface area contributed by atoms with Crippen LogP contribution in [-0.4, -0.2) is 62.8 Å². The van der Waals surface area contributed by atoms with Gasteiger partial charge in [0.15, 0.2) is 11.5 Å². The molecule has 0 aromatic heterocycles. The topological polar surface area (TPSA) is 60.5 Å². The van der Waals surface area contributed by atoms with E-state index < -0.39 is 0 Å². The summed E-state index contributed by atoms with van der Waals surface area (Å²) in [5.74, 6) is 3.49. The van der Waals surface area contributed by atoms with E-state index in [2.05, 4.69) is 40.1 Å². The van der Waals surface area contributed by atoms with Crippen molar-refractivity contribution in [2.45, 2.75) is 44.8 Å². The number of fused-ring (bicyclic) bond motifs is 1. The van der Waals surface area contributed by atoms with Crippen LogP contribution in [0.1, 0.15) is 36.0 Å². The Morgan fingerprint density at radius 1 is 0.875 bits per heavy atom. The van der Waals surface area contributed by atoms with Crippen molar-refractivity contribution >= 4 is 5.97 Å². The minimum Gasteiger partial charge on any atom is -0.493 e. The molecule has 0 radical (unpaired) electrons. The number of hydrogen-bond donors (Lipinski definition) is 0. The molecule has 5 rings (SSSR count). The summed E-state index contributed by atoms with van der Waals surface area (Å²) in [6.45, 7) is 4.70. The van der Waals surface area contributed by atoms with Gasteiger partial charge in [-0.2, -0.15) is 0 Å². The molecule has 1 saturated heterocycles. The summed E-state index contributed by atoms with van der Waals surface area (Å²) in [6, 6.07) is 22.9. The van der Waals surface area contributed by atoms with Gasteiger partial charge in [-0.15, -0.1) is 0 Å². The van der Waals surface area contributed by atoms with Gasteiger partial charge in [0.2, 0.25) is 0 Å². The third-order valence-corrected chi connectivity index (χ3v) is 8.23. The Morgan fingerprint density at radius 3 is 2.38 bits per heavy atom. The van der Waals surface area contributed by atoms with Gasteiger partial charge >= 0.3 is 5.97 Å². The van der Waals surface area contributed by atoms with Gasteiger partial charge in [0.25, 0.3) is 0 Å². The fraction of sp³-hybridized carbons (Fsp3) is 0.424. The van der Waals surface area contributed by atoms with Gasteiger partial charge in [0.05, 0.1) is 21.3 Å². The van der Waals surface area contributed by atoms with Crippen molar-refractivity contribution in [2.75, 3.05) is 41.0 Å². The van der Waals surface area contributed by atoms with E-state index in [0.717, 1.165) is 75.0 Å². The molecular weight excluding hydrogens is 504 g/mol. The third kappa shape index (κ3) is 6.77. The third-order valence-electron chi connectivity index (χ3n) is 8.23. The van der Waals surface area contributed by atoms with Gasteiger partial charge < -0.3 is 18.9 Å². The number of carbonyl (C=O) groups is 1. The highest BCUT2D eigenvalue weighted by molar-refractivity contribution is 5.69. The summed E-state index contributed by atoms with van der Waals surface area (Å²) in [6.07, 6.45) is 3.31. The average Bonchev–Trinajstić information content (AvgIpc) is 2.99. The summed E-state index contributed by atoms with van der Waals surface area (Å²) in [5.41, 5.74) is 3.86. The maximum absolute atomic E-state index is 12.1. The first-order valence-corrected chi connectivity index (χ1v) is 14.1. The first-order valence-electron chi connectivity index (χ1n) is 14.1. The minimum atomic E-state index is -0.137. The van der Waals surface area contributed by atoms with Crippen molar-refractivity contribution in [3.8, 4) is 23.0 Å². The Kier molecular flexibility index (Phi) is 9.24. The van der Waals surface area contributed by atoms with Crippen LogP contribution in [0.3, 0.4) is 0 Å². The molecule has 0 N–H and O–H groups in total. The molecule has 0 aliphatic carbocycles. The molecular formula is C33H40N2O5. The zero-order chi connectivity index (χ0) is 27.9.